The van der Waals surface area contributed by atoms with Crippen LogP contribution in [0.15, 0.2) is 57.9 Å². The molecule has 0 unspecified atom stereocenters. The van der Waals surface area contributed by atoms with E-state index in [4.69, 9.17) is 9.26 Å². The van der Waals surface area contributed by atoms with E-state index in [9.17, 15) is 8.42 Å². The Morgan fingerprint density at radius 1 is 1.10 bits per heavy atom. The van der Waals surface area contributed by atoms with Crippen molar-refractivity contribution in [3.05, 3.63) is 65.4 Å². The third-order valence-electron chi connectivity index (χ3n) is 5.09. The average Bonchev–Trinajstić information content (AvgIpc) is 3.51. The van der Waals surface area contributed by atoms with Crippen LogP contribution in [-0.2, 0) is 21.4 Å². The Morgan fingerprint density at radius 2 is 1.79 bits per heavy atom. The number of nitrogens with zero attached hydrogens (tertiary/aromatic N) is 1. The van der Waals surface area contributed by atoms with Gasteiger partial charge in [0.1, 0.15) is 5.76 Å². The lowest BCUT2D eigenvalue weighted by Crippen LogP contribution is -2.15. The molecule has 7 heteroatoms. The Hall–Kier alpha value is -2.64. The number of anilines is 1. The van der Waals surface area contributed by atoms with Gasteiger partial charge in [-0.25, -0.2) is 8.42 Å². The molecule has 1 fully saturated rings. The highest BCUT2D eigenvalue weighted by Gasteiger charge is 2.32. The third-order valence-corrected chi connectivity index (χ3v) is 6.48. The van der Waals surface area contributed by atoms with E-state index in [-0.39, 0.29) is 10.7 Å². The van der Waals surface area contributed by atoms with Gasteiger partial charge in [-0.05, 0) is 43.9 Å². The first-order valence-corrected chi connectivity index (χ1v) is 11.2. The van der Waals surface area contributed by atoms with Crippen LogP contribution >= 0.6 is 0 Å². The normalized spacial score (nSPS) is 14.1. The van der Waals surface area contributed by atoms with Crippen LogP contribution in [0.2, 0.25) is 0 Å². The summed E-state index contributed by atoms with van der Waals surface area (Å²) in [5, 5.41) is 3.96. The van der Waals surface area contributed by atoms with Crippen LogP contribution in [0.4, 0.5) is 5.82 Å². The molecule has 0 spiro atoms. The number of benzene rings is 2. The van der Waals surface area contributed by atoms with Gasteiger partial charge in [-0.15, -0.1) is 0 Å². The highest BCUT2D eigenvalue weighted by molar-refractivity contribution is 7.92. The number of ether oxygens (including phenoxy) is 1. The molecule has 2 aromatic carbocycles. The van der Waals surface area contributed by atoms with E-state index in [1.165, 1.54) is 0 Å². The van der Waals surface area contributed by atoms with Crippen LogP contribution in [0.5, 0.6) is 0 Å². The van der Waals surface area contributed by atoms with Crippen molar-refractivity contribution in [2.75, 3.05) is 11.3 Å². The molecular weight excluding hydrogens is 388 g/mol. The smallest absolute Gasteiger partial charge is 0.263 e. The van der Waals surface area contributed by atoms with E-state index in [0.717, 1.165) is 35.3 Å². The molecule has 1 aromatic heterocycles. The van der Waals surface area contributed by atoms with Crippen molar-refractivity contribution in [3.8, 4) is 11.1 Å². The Labute approximate surface area is 170 Å². The first kappa shape index (κ1) is 19.7. The number of aromatic nitrogens is 1. The van der Waals surface area contributed by atoms with E-state index in [1.54, 1.807) is 12.1 Å². The zero-order valence-corrected chi connectivity index (χ0v) is 17.3. The second-order valence-electron chi connectivity index (χ2n) is 7.19. The zero-order valence-electron chi connectivity index (χ0n) is 16.5. The predicted molar refractivity (Wildman–Crippen MR) is 111 cm³/mol. The number of nitrogens with one attached hydrogen (secondary N) is 1. The highest BCUT2D eigenvalue weighted by atomic mass is 32.2. The SMILES string of the molecule is CCOCc1ccccc1-c1ccccc1S(=O)(=O)Nc1noc(C2CC2)c1C. The molecule has 1 aliphatic carbocycles. The van der Waals surface area contributed by atoms with Crippen LogP contribution in [0, 0.1) is 6.92 Å². The third kappa shape index (κ3) is 4.06. The van der Waals surface area contributed by atoms with Crippen molar-refractivity contribution in [1.82, 2.24) is 5.16 Å². The topological polar surface area (TPSA) is 81.4 Å². The standard InChI is InChI=1S/C22H24N2O4S/c1-3-27-14-17-8-4-5-9-18(17)19-10-6-7-11-20(19)29(25,26)24-22-15(2)21(28-23-22)16-12-13-16/h4-11,16H,3,12-14H2,1-2H3,(H,23,24). The van der Waals surface area contributed by atoms with E-state index >= 15 is 0 Å². The molecule has 29 heavy (non-hydrogen) atoms. The molecule has 1 saturated carbocycles. The Bertz CT molecular complexity index is 1120. The number of hydrogen-bond acceptors (Lipinski definition) is 5. The summed E-state index contributed by atoms with van der Waals surface area (Å²) in [6.45, 7) is 4.78. The van der Waals surface area contributed by atoms with E-state index in [1.807, 2.05) is 50.2 Å². The second-order valence-corrected chi connectivity index (χ2v) is 8.84. The molecule has 1 heterocycles. The van der Waals surface area contributed by atoms with Gasteiger partial charge in [0.25, 0.3) is 10.0 Å². The largest absolute Gasteiger partial charge is 0.377 e. The molecule has 0 radical (unpaired) electrons. The van der Waals surface area contributed by atoms with Gasteiger partial charge in [0.15, 0.2) is 5.82 Å². The van der Waals surface area contributed by atoms with Gasteiger partial charge in [-0.2, -0.15) is 0 Å². The summed E-state index contributed by atoms with van der Waals surface area (Å²) in [5.74, 6) is 1.39. The van der Waals surface area contributed by atoms with Crippen molar-refractivity contribution in [1.29, 1.82) is 0 Å². The summed E-state index contributed by atoms with van der Waals surface area (Å²) >= 11 is 0. The molecule has 1 N–H and O–H groups in total. The summed E-state index contributed by atoms with van der Waals surface area (Å²) in [5.41, 5.74) is 3.15. The lowest BCUT2D eigenvalue weighted by Gasteiger charge is -2.14. The predicted octanol–water partition coefficient (Wildman–Crippen LogP) is 4.86. The zero-order chi connectivity index (χ0) is 20.4. The number of rotatable bonds is 8. The van der Waals surface area contributed by atoms with Crippen molar-refractivity contribution >= 4 is 15.8 Å². The lowest BCUT2D eigenvalue weighted by atomic mass is 10.0. The van der Waals surface area contributed by atoms with Crippen LogP contribution in [0.25, 0.3) is 11.1 Å². The van der Waals surface area contributed by atoms with Gasteiger partial charge >= 0.3 is 0 Å². The van der Waals surface area contributed by atoms with Crippen LogP contribution in [0.1, 0.15) is 42.6 Å². The van der Waals surface area contributed by atoms with Gasteiger partial charge < -0.3 is 9.26 Å². The molecule has 6 nitrogen and oxygen atoms in total. The van der Waals surface area contributed by atoms with Gasteiger partial charge in [-0.3, -0.25) is 4.72 Å². The Balaban J connectivity index is 1.71. The summed E-state index contributed by atoms with van der Waals surface area (Å²) in [6.07, 6.45) is 2.11. The summed E-state index contributed by atoms with van der Waals surface area (Å²) in [6, 6.07) is 14.6. The number of sulfonamides is 1. The first-order chi connectivity index (χ1) is 14.0. The minimum Gasteiger partial charge on any atom is -0.377 e. The molecule has 3 aromatic rings. The van der Waals surface area contributed by atoms with E-state index < -0.39 is 10.0 Å². The fraction of sp³-hybridized carbons (Fsp3) is 0.318. The molecule has 4 rings (SSSR count). The van der Waals surface area contributed by atoms with Gasteiger partial charge in [0, 0.05) is 23.7 Å². The maximum Gasteiger partial charge on any atom is 0.263 e. The monoisotopic (exact) mass is 412 g/mol. The van der Waals surface area contributed by atoms with Crippen molar-refractivity contribution in [2.24, 2.45) is 0 Å². The molecule has 152 valence electrons. The average molecular weight is 413 g/mol. The summed E-state index contributed by atoms with van der Waals surface area (Å²) in [7, 11) is -3.86. The summed E-state index contributed by atoms with van der Waals surface area (Å²) < 4.78 is 40.1. The number of hydrogen-bond donors (Lipinski definition) is 1. The fourth-order valence-corrected chi connectivity index (χ4v) is 4.68. The van der Waals surface area contributed by atoms with Crippen LogP contribution < -0.4 is 4.72 Å². The molecule has 0 bridgehead atoms. The highest BCUT2D eigenvalue weighted by Crippen LogP contribution is 2.43. The van der Waals surface area contributed by atoms with E-state index in [2.05, 4.69) is 9.88 Å². The fourth-order valence-electron chi connectivity index (χ4n) is 3.40. The minimum atomic E-state index is -3.86. The molecule has 0 amide bonds. The van der Waals surface area contributed by atoms with Crippen molar-refractivity contribution in [3.63, 3.8) is 0 Å². The van der Waals surface area contributed by atoms with Gasteiger partial charge in [-0.1, -0.05) is 47.6 Å². The Morgan fingerprint density at radius 3 is 2.52 bits per heavy atom. The van der Waals surface area contributed by atoms with E-state index in [0.29, 0.717) is 24.7 Å². The maximum atomic E-state index is 13.2. The molecular formula is C22H24N2O4S. The molecule has 0 saturated heterocycles. The molecule has 0 atom stereocenters. The lowest BCUT2D eigenvalue weighted by molar-refractivity contribution is 0.134. The molecule has 1 aliphatic rings. The first-order valence-electron chi connectivity index (χ1n) is 9.75. The summed E-state index contributed by atoms with van der Waals surface area (Å²) in [4.78, 5) is 0.194. The maximum absolute atomic E-state index is 13.2. The molecule has 0 aliphatic heterocycles. The second kappa shape index (κ2) is 8.00. The van der Waals surface area contributed by atoms with Gasteiger partial charge in [0.05, 0.1) is 11.5 Å². The minimum absolute atomic E-state index is 0.194. The van der Waals surface area contributed by atoms with Crippen molar-refractivity contribution in [2.45, 2.75) is 44.1 Å². The van der Waals surface area contributed by atoms with Crippen LogP contribution in [0.3, 0.4) is 0 Å². The van der Waals surface area contributed by atoms with Crippen molar-refractivity contribution < 1.29 is 17.7 Å². The van der Waals surface area contributed by atoms with Crippen LogP contribution in [-0.4, -0.2) is 20.2 Å². The van der Waals surface area contributed by atoms with Gasteiger partial charge in [0.2, 0.25) is 0 Å². The Kier molecular flexibility index (Phi) is 5.43. The quantitative estimate of drug-likeness (QED) is 0.571.